The molecule has 1 heterocycles. The molecular formula is C20H20N2O4. The van der Waals surface area contributed by atoms with Crippen LogP contribution in [0.25, 0.3) is 0 Å². The number of hydrogen-bond donors (Lipinski definition) is 1. The van der Waals surface area contributed by atoms with Crippen molar-refractivity contribution in [1.82, 2.24) is 0 Å². The third-order valence-corrected chi connectivity index (χ3v) is 4.30. The molecular weight excluding hydrogens is 332 g/mol. The Morgan fingerprint density at radius 3 is 2.77 bits per heavy atom. The number of anilines is 2. The van der Waals surface area contributed by atoms with E-state index >= 15 is 0 Å². The van der Waals surface area contributed by atoms with Gasteiger partial charge >= 0.3 is 0 Å². The summed E-state index contributed by atoms with van der Waals surface area (Å²) in [6.07, 6.45) is 0.786. The highest BCUT2D eigenvalue weighted by molar-refractivity contribution is 6.06. The van der Waals surface area contributed by atoms with Crippen molar-refractivity contribution in [3.05, 3.63) is 53.6 Å². The molecule has 0 bridgehead atoms. The first-order valence-corrected chi connectivity index (χ1v) is 8.48. The van der Waals surface area contributed by atoms with Gasteiger partial charge in [0.05, 0.1) is 5.69 Å². The molecule has 0 aliphatic carbocycles. The summed E-state index contributed by atoms with van der Waals surface area (Å²) in [7, 11) is 0. The van der Waals surface area contributed by atoms with Crippen LogP contribution in [0.3, 0.4) is 0 Å². The maximum absolute atomic E-state index is 12.5. The molecule has 0 fully saturated rings. The topological polar surface area (TPSA) is 75.7 Å². The summed E-state index contributed by atoms with van der Waals surface area (Å²) >= 11 is 0. The van der Waals surface area contributed by atoms with E-state index in [1.165, 1.54) is 4.90 Å². The first-order valence-electron chi connectivity index (χ1n) is 8.48. The van der Waals surface area contributed by atoms with E-state index in [1.54, 1.807) is 25.1 Å². The summed E-state index contributed by atoms with van der Waals surface area (Å²) in [6.45, 7) is 3.49. The molecule has 1 N–H and O–H groups in total. The molecule has 1 atom stereocenters. The number of nitrogens with zero attached hydrogens (tertiary/aromatic N) is 1. The minimum absolute atomic E-state index is 0.153. The molecule has 6 nitrogen and oxygen atoms in total. The van der Waals surface area contributed by atoms with Crippen molar-refractivity contribution < 1.29 is 19.1 Å². The number of aldehydes is 1. The first-order chi connectivity index (χ1) is 12.5. The van der Waals surface area contributed by atoms with E-state index in [0.717, 1.165) is 17.7 Å². The lowest BCUT2D eigenvalue weighted by Gasteiger charge is -2.32. The van der Waals surface area contributed by atoms with E-state index in [9.17, 15) is 14.4 Å². The Hall–Kier alpha value is -3.15. The van der Waals surface area contributed by atoms with Crippen LogP contribution in [-0.4, -0.2) is 30.7 Å². The number of hydrogen-bond acceptors (Lipinski definition) is 4. The number of aryl methyl sites for hydroxylation is 1. The third kappa shape index (κ3) is 3.44. The van der Waals surface area contributed by atoms with E-state index in [0.29, 0.717) is 23.3 Å². The number of carbonyl (C=O) groups is 3. The zero-order valence-electron chi connectivity index (χ0n) is 14.7. The standard InChI is InChI=1S/C20H20N2O4/c1-3-15-6-4-5-7-16(15)21-19(24)11-22-17-10-14(12-23)8-9-18(17)26-13(2)20(22)25/h4-10,12-13H,3,11H2,1-2H3,(H,21,24). The van der Waals surface area contributed by atoms with E-state index in [1.807, 2.05) is 31.2 Å². The molecule has 0 saturated heterocycles. The Bertz CT molecular complexity index is 863. The Labute approximate surface area is 151 Å². The molecule has 2 aromatic rings. The third-order valence-electron chi connectivity index (χ3n) is 4.30. The van der Waals surface area contributed by atoms with Crippen LogP contribution in [0.4, 0.5) is 11.4 Å². The number of carbonyl (C=O) groups excluding carboxylic acids is 3. The van der Waals surface area contributed by atoms with Gasteiger partial charge in [0.2, 0.25) is 5.91 Å². The molecule has 0 spiro atoms. The van der Waals surface area contributed by atoms with Gasteiger partial charge in [-0.3, -0.25) is 19.3 Å². The summed E-state index contributed by atoms with van der Waals surface area (Å²) < 4.78 is 5.57. The van der Waals surface area contributed by atoms with Crippen molar-refractivity contribution in [2.45, 2.75) is 26.4 Å². The molecule has 2 aromatic carbocycles. The van der Waals surface area contributed by atoms with Crippen LogP contribution < -0.4 is 15.0 Å². The van der Waals surface area contributed by atoms with Crippen molar-refractivity contribution in [3.8, 4) is 5.75 Å². The zero-order valence-corrected chi connectivity index (χ0v) is 14.7. The van der Waals surface area contributed by atoms with Crippen LogP contribution in [0.2, 0.25) is 0 Å². The number of benzene rings is 2. The van der Waals surface area contributed by atoms with Gasteiger partial charge in [-0.2, -0.15) is 0 Å². The van der Waals surface area contributed by atoms with E-state index < -0.39 is 6.10 Å². The van der Waals surface area contributed by atoms with Crippen molar-refractivity contribution in [2.24, 2.45) is 0 Å². The number of ether oxygens (including phenoxy) is 1. The molecule has 1 aliphatic heterocycles. The maximum atomic E-state index is 12.5. The number of fused-ring (bicyclic) bond motifs is 1. The fourth-order valence-corrected chi connectivity index (χ4v) is 2.94. The predicted molar refractivity (Wildman–Crippen MR) is 98.7 cm³/mol. The summed E-state index contributed by atoms with van der Waals surface area (Å²) in [5.41, 5.74) is 2.59. The van der Waals surface area contributed by atoms with Crippen LogP contribution in [-0.2, 0) is 16.0 Å². The zero-order chi connectivity index (χ0) is 18.7. The Morgan fingerprint density at radius 1 is 1.27 bits per heavy atom. The van der Waals surface area contributed by atoms with Gasteiger partial charge in [0, 0.05) is 11.3 Å². The number of rotatable bonds is 5. The van der Waals surface area contributed by atoms with Crippen LogP contribution in [0.15, 0.2) is 42.5 Å². The van der Waals surface area contributed by atoms with Crippen LogP contribution in [0, 0.1) is 0 Å². The van der Waals surface area contributed by atoms with Gasteiger partial charge in [-0.1, -0.05) is 25.1 Å². The average molecular weight is 352 g/mol. The number of para-hydroxylation sites is 1. The highest BCUT2D eigenvalue weighted by Gasteiger charge is 2.33. The Balaban J connectivity index is 1.85. The van der Waals surface area contributed by atoms with Gasteiger partial charge in [0.15, 0.2) is 6.10 Å². The second-order valence-corrected chi connectivity index (χ2v) is 6.09. The quantitative estimate of drug-likeness (QED) is 0.840. The second kappa shape index (κ2) is 7.39. The van der Waals surface area contributed by atoms with Crippen molar-refractivity contribution in [3.63, 3.8) is 0 Å². The first kappa shape index (κ1) is 17.7. The molecule has 134 valence electrons. The monoisotopic (exact) mass is 352 g/mol. The molecule has 0 saturated carbocycles. The Morgan fingerprint density at radius 2 is 2.04 bits per heavy atom. The van der Waals surface area contributed by atoms with Crippen molar-refractivity contribution >= 4 is 29.5 Å². The normalized spacial score (nSPS) is 15.8. The molecule has 2 amide bonds. The van der Waals surface area contributed by atoms with Crippen molar-refractivity contribution in [2.75, 3.05) is 16.8 Å². The lowest BCUT2D eigenvalue weighted by atomic mass is 10.1. The van der Waals surface area contributed by atoms with Crippen LogP contribution in [0.5, 0.6) is 5.75 Å². The molecule has 0 radical (unpaired) electrons. The van der Waals surface area contributed by atoms with Gasteiger partial charge in [-0.15, -0.1) is 0 Å². The molecule has 3 rings (SSSR count). The summed E-state index contributed by atoms with van der Waals surface area (Å²) in [4.78, 5) is 37.5. The molecule has 6 heteroatoms. The van der Waals surface area contributed by atoms with Crippen molar-refractivity contribution in [1.29, 1.82) is 0 Å². The summed E-state index contributed by atoms with van der Waals surface area (Å²) in [5.74, 6) is -0.153. The van der Waals surface area contributed by atoms with Gasteiger partial charge in [-0.25, -0.2) is 0 Å². The van der Waals surface area contributed by atoms with Crippen LogP contribution >= 0.6 is 0 Å². The molecule has 1 unspecified atom stereocenters. The molecule has 0 aromatic heterocycles. The largest absolute Gasteiger partial charge is 0.479 e. The summed E-state index contributed by atoms with van der Waals surface area (Å²) in [6, 6.07) is 12.4. The average Bonchev–Trinajstić information content (AvgIpc) is 2.65. The van der Waals surface area contributed by atoms with Gasteiger partial charge in [0.1, 0.15) is 18.6 Å². The highest BCUT2D eigenvalue weighted by Crippen LogP contribution is 2.34. The van der Waals surface area contributed by atoms with Gasteiger partial charge in [-0.05, 0) is 43.2 Å². The summed E-state index contributed by atoms with van der Waals surface area (Å²) in [5, 5.41) is 2.86. The smallest absolute Gasteiger partial charge is 0.268 e. The lowest BCUT2D eigenvalue weighted by Crippen LogP contribution is -2.47. The van der Waals surface area contributed by atoms with E-state index in [2.05, 4.69) is 5.32 Å². The fourth-order valence-electron chi connectivity index (χ4n) is 2.94. The lowest BCUT2D eigenvalue weighted by molar-refractivity contribution is -0.127. The molecule has 26 heavy (non-hydrogen) atoms. The second-order valence-electron chi connectivity index (χ2n) is 6.09. The van der Waals surface area contributed by atoms with Gasteiger partial charge < -0.3 is 10.1 Å². The number of nitrogens with one attached hydrogen (secondary N) is 1. The van der Waals surface area contributed by atoms with Crippen LogP contribution in [0.1, 0.15) is 29.8 Å². The van der Waals surface area contributed by atoms with E-state index in [4.69, 9.17) is 4.74 Å². The SMILES string of the molecule is CCc1ccccc1NC(=O)CN1C(=O)C(C)Oc2ccc(C=O)cc21. The van der Waals surface area contributed by atoms with E-state index in [-0.39, 0.29) is 18.4 Å². The fraction of sp³-hybridized carbons (Fsp3) is 0.250. The van der Waals surface area contributed by atoms with Gasteiger partial charge in [0.25, 0.3) is 5.91 Å². The Kier molecular flexibility index (Phi) is 5.02. The minimum atomic E-state index is -0.694. The number of amides is 2. The minimum Gasteiger partial charge on any atom is -0.479 e. The molecule has 1 aliphatic rings. The maximum Gasteiger partial charge on any atom is 0.268 e. The predicted octanol–water partition coefficient (Wildman–Crippen LogP) is 2.81. The highest BCUT2D eigenvalue weighted by atomic mass is 16.5.